The molecule has 1 aliphatic rings. The van der Waals surface area contributed by atoms with Crippen molar-refractivity contribution < 1.29 is 19.1 Å². The fourth-order valence-electron chi connectivity index (χ4n) is 3.29. The third-order valence-electron chi connectivity index (χ3n) is 4.83. The van der Waals surface area contributed by atoms with Gasteiger partial charge in [0.25, 0.3) is 11.8 Å². The van der Waals surface area contributed by atoms with Crippen molar-refractivity contribution in [2.45, 2.75) is 12.5 Å². The number of amides is 2. The number of halogens is 2. The van der Waals surface area contributed by atoms with Gasteiger partial charge in [-0.05, 0) is 42.3 Å². The molecule has 0 saturated carbocycles. The Labute approximate surface area is 176 Å². The van der Waals surface area contributed by atoms with E-state index in [4.69, 9.17) is 11.6 Å². The van der Waals surface area contributed by atoms with Crippen LogP contribution in [0.25, 0.3) is 17.0 Å². The van der Waals surface area contributed by atoms with E-state index in [-0.39, 0.29) is 17.9 Å². The number of H-pyrrole nitrogens is 1. The monoisotopic (exact) mass is 428 g/mol. The summed E-state index contributed by atoms with van der Waals surface area (Å²) >= 11 is 5.89. The predicted octanol–water partition coefficient (Wildman–Crippen LogP) is 2.72. The van der Waals surface area contributed by atoms with Crippen molar-refractivity contribution in [1.82, 2.24) is 20.2 Å². The molecule has 1 saturated heterocycles. The van der Waals surface area contributed by atoms with Crippen LogP contribution in [-0.4, -0.2) is 51.0 Å². The lowest BCUT2D eigenvalue weighted by Gasteiger charge is -2.18. The SMILES string of the molecule is O=C(NC(=Cc1ccc(F)cc1)C(=O)N1CC[C@H](O)C1)c1cc2cc(Cl)ncc2[nH]1. The van der Waals surface area contributed by atoms with E-state index in [0.717, 1.165) is 0 Å². The van der Waals surface area contributed by atoms with Gasteiger partial charge >= 0.3 is 0 Å². The molecule has 1 fully saturated rings. The lowest BCUT2D eigenvalue weighted by Crippen LogP contribution is -2.37. The molecule has 1 aliphatic heterocycles. The normalized spacial score (nSPS) is 16.8. The van der Waals surface area contributed by atoms with Gasteiger partial charge in [0.1, 0.15) is 22.4 Å². The summed E-state index contributed by atoms with van der Waals surface area (Å²) in [4.78, 5) is 34.2. The molecule has 9 heteroatoms. The summed E-state index contributed by atoms with van der Waals surface area (Å²) in [6.45, 7) is 0.569. The second kappa shape index (κ2) is 8.25. The van der Waals surface area contributed by atoms with E-state index in [2.05, 4.69) is 15.3 Å². The minimum absolute atomic E-state index is 0.0236. The molecule has 2 aromatic heterocycles. The zero-order valence-electron chi connectivity index (χ0n) is 15.7. The third-order valence-corrected chi connectivity index (χ3v) is 5.03. The molecule has 0 aliphatic carbocycles. The highest BCUT2D eigenvalue weighted by Crippen LogP contribution is 2.19. The first kappa shape index (κ1) is 20.1. The fraction of sp³-hybridized carbons (Fsp3) is 0.190. The number of fused-ring (bicyclic) bond motifs is 1. The molecule has 3 aromatic rings. The number of pyridine rings is 1. The summed E-state index contributed by atoms with van der Waals surface area (Å²) in [5.74, 6) is -1.36. The molecule has 1 aromatic carbocycles. The molecule has 1 atom stereocenters. The number of rotatable bonds is 4. The van der Waals surface area contributed by atoms with Crippen molar-refractivity contribution in [2.75, 3.05) is 13.1 Å². The summed E-state index contributed by atoms with van der Waals surface area (Å²) in [5, 5.41) is 13.4. The van der Waals surface area contributed by atoms with Gasteiger partial charge in [0.2, 0.25) is 0 Å². The first-order valence-corrected chi connectivity index (χ1v) is 9.67. The quantitative estimate of drug-likeness (QED) is 0.439. The Hall–Kier alpha value is -3.23. The minimum atomic E-state index is -0.595. The van der Waals surface area contributed by atoms with Crippen molar-refractivity contribution >= 4 is 40.4 Å². The van der Waals surface area contributed by atoms with Crippen LogP contribution in [0.5, 0.6) is 0 Å². The Morgan fingerprint density at radius 3 is 2.77 bits per heavy atom. The molecule has 3 N–H and O–H groups in total. The first-order chi connectivity index (χ1) is 14.4. The predicted molar refractivity (Wildman–Crippen MR) is 110 cm³/mol. The summed E-state index contributed by atoms with van der Waals surface area (Å²) in [7, 11) is 0. The maximum absolute atomic E-state index is 13.2. The highest BCUT2D eigenvalue weighted by molar-refractivity contribution is 6.30. The molecular formula is C21H18ClFN4O3. The molecule has 2 amide bonds. The average molecular weight is 429 g/mol. The topological polar surface area (TPSA) is 98.3 Å². The summed E-state index contributed by atoms with van der Waals surface area (Å²) in [6.07, 6.45) is 2.87. The van der Waals surface area contributed by atoms with Gasteiger partial charge in [0.05, 0.1) is 17.8 Å². The van der Waals surface area contributed by atoms with E-state index in [1.807, 2.05) is 0 Å². The number of hydrogen-bond donors (Lipinski definition) is 3. The standard InChI is InChI=1S/C21H18ClFN4O3/c22-19-9-13-8-16(25-18(13)10-24-19)20(29)26-17(7-12-1-3-14(23)4-2-12)21(30)27-6-5-15(28)11-27/h1-4,7-10,15,25,28H,5-6,11H2,(H,26,29)/t15-/m0/s1. The summed E-state index contributed by atoms with van der Waals surface area (Å²) in [6, 6.07) is 8.77. The van der Waals surface area contributed by atoms with Gasteiger partial charge in [-0.25, -0.2) is 9.37 Å². The number of carbonyl (C=O) groups excluding carboxylic acids is 2. The smallest absolute Gasteiger partial charge is 0.272 e. The maximum Gasteiger partial charge on any atom is 0.272 e. The van der Waals surface area contributed by atoms with Crippen LogP contribution in [0.4, 0.5) is 4.39 Å². The molecule has 0 bridgehead atoms. The number of hydrogen-bond acceptors (Lipinski definition) is 4. The van der Waals surface area contributed by atoms with Crippen LogP contribution in [0.15, 0.2) is 48.3 Å². The molecule has 3 heterocycles. The van der Waals surface area contributed by atoms with Crippen LogP contribution in [0, 0.1) is 5.82 Å². The van der Waals surface area contributed by atoms with Crippen LogP contribution < -0.4 is 5.32 Å². The van der Waals surface area contributed by atoms with Crippen molar-refractivity contribution in [3.63, 3.8) is 0 Å². The van der Waals surface area contributed by atoms with E-state index in [0.29, 0.717) is 34.6 Å². The minimum Gasteiger partial charge on any atom is -0.391 e. The van der Waals surface area contributed by atoms with Gasteiger partial charge in [0.15, 0.2) is 0 Å². The van der Waals surface area contributed by atoms with E-state index in [1.54, 1.807) is 12.1 Å². The number of aliphatic hydroxyl groups excluding tert-OH is 1. The molecule has 154 valence electrons. The molecule has 0 unspecified atom stereocenters. The molecule has 7 nitrogen and oxygen atoms in total. The number of benzene rings is 1. The second-order valence-electron chi connectivity index (χ2n) is 7.03. The molecule has 0 spiro atoms. The molecule has 4 rings (SSSR count). The Balaban J connectivity index is 1.63. The van der Waals surface area contributed by atoms with Gasteiger partial charge in [-0.2, -0.15) is 0 Å². The largest absolute Gasteiger partial charge is 0.391 e. The van der Waals surface area contributed by atoms with Gasteiger partial charge < -0.3 is 20.3 Å². The number of likely N-dealkylation sites (tertiary alicyclic amines) is 1. The number of nitrogens with one attached hydrogen (secondary N) is 2. The Morgan fingerprint density at radius 2 is 2.07 bits per heavy atom. The van der Waals surface area contributed by atoms with Crippen LogP contribution in [0.1, 0.15) is 22.5 Å². The van der Waals surface area contributed by atoms with E-state index < -0.39 is 23.7 Å². The lowest BCUT2D eigenvalue weighted by atomic mass is 10.1. The highest BCUT2D eigenvalue weighted by atomic mass is 35.5. The zero-order valence-corrected chi connectivity index (χ0v) is 16.5. The third kappa shape index (κ3) is 4.34. The number of carbonyl (C=O) groups is 2. The average Bonchev–Trinajstić information content (AvgIpc) is 3.34. The van der Waals surface area contributed by atoms with Crippen molar-refractivity contribution in [3.05, 3.63) is 70.5 Å². The van der Waals surface area contributed by atoms with Crippen LogP contribution in [-0.2, 0) is 4.79 Å². The molecule has 30 heavy (non-hydrogen) atoms. The Morgan fingerprint density at radius 1 is 1.30 bits per heavy atom. The maximum atomic E-state index is 13.2. The summed E-state index contributed by atoms with van der Waals surface area (Å²) < 4.78 is 13.2. The second-order valence-corrected chi connectivity index (χ2v) is 7.42. The highest BCUT2D eigenvalue weighted by Gasteiger charge is 2.28. The fourth-order valence-corrected chi connectivity index (χ4v) is 3.46. The summed E-state index contributed by atoms with van der Waals surface area (Å²) in [5.41, 5.74) is 1.43. The molecular weight excluding hydrogens is 411 g/mol. The van der Waals surface area contributed by atoms with E-state index >= 15 is 0 Å². The van der Waals surface area contributed by atoms with Crippen molar-refractivity contribution in [2.24, 2.45) is 0 Å². The van der Waals surface area contributed by atoms with Gasteiger partial charge in [-0.1, -0.05) is 23.7 Å². The van der Waals surface area contributed by atoms with Crippen LogP contribution >= 0.6 is 11.6 Å². The van der Waals surface area contributed by atoms with Crippen molar-refractivity contribution in [1.29, 1.82) is 0 Å². The van der Waals surface area contributed by atoms with Gasteiger partial charge in [-0.3, -0.25) is 9.59 Å². The lowest BCUT2D eigenvalue weighted by molar-refractivity contribution is -0.126. The van der Waals surface area contributed by atoms with E-state index in [1.165, 1.54) is 41.4 Å². The Kier molecular flexibility index (Phi) is 5.52. The first-order valence-electron chi connectivity index (χ1n) is 9.29. The number of β-amino-alcohol motifs (C(OH)–C–C–N with tert-alkyl or cyclic N) is 1. The van der Waals surface area contributed by atoms with E-state index in [9.17, 15) is 19.1 Å². The zero-order chi connectivity index (χ0) is 21.3. The number of aromatic nitrogens is 2. The number of aliphatic hydroxyl groups is 1. The Bertz CT molecular complexity index is 1140. The van der Waals surface area contributed by atoms with Gasteiger partial charge in [0, 0.05) is 18.5 Å². The number of aromatic amines is 1. The van der Waals surface area contributed by atoms with Crippen LogP contribution in [0.3, 0.4) is 0 Å². The molecule has 0 radical (unpaired) electrons. The van der Waals surface area contributed by atoms with Crippen LogP contribution in [0.2, 0.25) is 5.15 Å². The number of nitrogens with zero attached hydrogens (tertiary/aromatic N) is 2. The van der Waals surface area contributed by atoms with Crippen molar-refractivity contribution in [3.8, 4) is 0 Å². The van der Waals surface area contributed by atoms with Gasteiger partial charge in [-0.15, -0.1) is 0 Å².